The first-order chi connectivity index (χ1) is 12.8. The SMILES string of the molecule is CCCC1CCC(/C=C/C2CCC(c3ccc(OCC)cc3)CO2)CC1. The van der Waals surface area contributed by atoms with E-state index in [2.05, 4.69) is 43.3 Å². The highest BCUT2D eigenvalue weighted by atomic mass is 16.5. The number of allylic oxidation sites excluding steroid dienone is 1. The van der Waals surface area contributed by atoms with Crippen molar-refractivity contribution in [1.29, 1.82) is 0 Å². The predicted octanol–water partition coefficient (Wildman–Crippen LogP) is 6.51. The normalized spacial score (nSPS) is 29.8. The van der Waals surface area contributed by atoms with E-state index >= 15 is 0 Å². The van der Waals surface area contributed by atoms with Crippen LogP contribution in [-0.2, 0) is 4.74 Å². The Kier molecular flexibility index (Phi) is 7.61. The fourth-order valence-corrected chi connectivity index (χ4v) is 4.55. The molecule has 2 unspecified atom stereocenters. The van der Waals surface area contributed by atoms with E-state index in [1.54, 1.807) is 0 Å². The van der Waals surface area contributed by atoms with Crippen molar-refractivity contribution in [1.82, 2.24) is 0 Å². The van der Waals surface area contributed by atoms with Crippen molar-refractivity contribution in [3.8, 4) is 5.75 Å². The number of hydrogen-bond acceptors (Lipinski definition) is 2. The fourth-order valence-electron chi connectivity index (χ4n) is 4.55. The molecule has 144 valence electrons. The standard InChI is InChI=1S/C24H36O2/c1-3-5-19-6-8-20(9-7-19)10-14-24-17-13-22(18-26-24)21-11-15-23(16-12-21)25-4-2/h10-12,14-16,19-20,22,24H,3-9,13,17-18H2,1-2H3/b14-10+. The maximum Gasteiger partial charge on any atom is 0.119 e. The third kappa shape index (κ3) is 5.61. The zero-order valence-electron chi connectivity index (χ0n) is 16.7. The first-order valence-electron chi connectivity index (χ1n) is 10.8. The first-order valence-corrected chi connectivity index (χ1v) is 10.8. The predicted molar refractivity (Wildman–Crippen MR) is 109 cm³/mol. The molecule has 1 heterocycles. The molecule has 0 spiro atoms. The summed E-state index contributed by atoms with van der Waals surface area (Å²) in [7, 11) is 0. The van der Waals surface area contributed by atoms with E-state index in [-0.39, 0.29) is 0 Å². The van der Waals surface area contributed by atoms with Crippen LogP contribution in [0, 0.1) is 11.8 Å². The van der Waals surface area contributed by atoms with E-state index in [0.29, 0.717) is 12.0 Å². The van der Waals surface area contributed by atoms with E-state index in [1.165, 1.54) is 50.5 Å². The summed E-state index contributed by atoms with van der Waals surface area (Å²) >= 11 is 0. The van der Waals surface area contributed by atoms with Gasteiger partial charge in [-0.1, -0.05) is 44.1 Å². The molecule has 0 amide bonds. The van der Waals surface area contributed by atoms with Crippen molar-refractivity contribution < 1.29 is 9.47 Å². The average molecular weight is 357 g/mol. The summed E-state index contributed by atoms with van der Waals surface area (Å²) in [4.78, 5) is 0. The largest absolute Gasteiger partial charge is 0.494 e. The summed E-state index contributed by atoms with van der Waals surface area (Å²) in [5.74, 6) is 3.27. The lowest BCUT2D eigenvalue weighted by atomic mass is 9.80. The van der Waals surface area contributed by atoms with Gasteiger partial charge in [-0.25, -0.2) is 0 Å². The molecule has 2 aliphatic rings. The van der Waals surface area contributed by atoms with Crippen LogP contribution in [0.4, 0.5) is 0 Å². The van der Waals surface area contributed by atoms with Gasteiger partial charge in [-0.2, -0.15) is 0 Å². The lowest BCUT2D eigenvalue weighted by molar-refractivity contribution is 0.0323. The molecule has 1 saturated heterocycles. The van der Waals surface area contributed by atoms with E-state index in [1.807, 2.05) is 6.92 Å². The molecule has 2 fully saturated rings. The maximum absolute atomic E-state index is 6.16. The first kappa shape index (κ1) is 19.5. The molecular formula is C24H36O2. The summed E-state index contributed by atoms with van der Waals surface area (Å²) in [6, 6.07) is 8.56. The molecule has 1 aromatic carbocycles. The second kappa shape index (κ2) is 10.2. The molecule has 2 atom stereocenters. The minimum atomic E-state index is 0.322. The van der Waals surface area contributed by atoms with Crippen molar-refractivity contribution in [2.75, 3.05) is 13.2 Å². The topological polar surface area (TPSA) is 18.5 Å². The molecule has 2 nitrogen and oxygen atoms in total. The Bertz CT molecular complexity index is 532. The van der Waals surface area contributed by atoms with Crippen LogP contribution in [0.3, 0.4) is 0 Å². The van der Waals surface area contributed by atoms with Crippen LogP contribution in [0.25, 0.3) is 0 Å². The van der Waals surface area contributed by atoms with Crippen LogP contribution in [0.1, 0.15) is 76.7 Å². The van der Waals surface area contributed by atoms with Gasteiger partial charge in [0.2, 0.25) is 0 Å². The number of hydrogen-bond donors (Lipinski definition) is 0. The zero-order valence-corrected chi connectivity index (χ0v) is 16.7. The lowest BCUT2D eigenvalue weighted by Gasteiger charge is -2.29. The van der Waals surface area contributed by atoms with E-state index in [9.17, 15) is 0 Å². The molecular weight excluding hydrogens is 320 g/mol. The van der Waals surface area contributed by atoms with Crippen molar-refractivity contribution in [3.05, 3.63) is 42.0 Å². The quantitative estimate of drug-likeness (QED) is 0.518. The Hall–Kier alpha value is -1.28. The molecule has 1 aromatic rings. The number of benzene rings is 1. The molecule has 1 aliphatic carbocycles. The van der Waals surface area contributed by atoms with Gasteiger partial charge in [-0.15, -0.1) is 0 Å². The Labute approximate surface area is 160 Å². The third-order valence-electron chi connectivity index (χ3n) is 6.16. The van der Waals surface area contributed by atoms with Gasteiger partial charge in [-0.3, -0.25) is 0 Å². The van der Waals surface area contributed by atoms with Gasteiger partial charge < -0.3 is 9.47 Å². The van der Waals surface area contributed by atoms with Gasteiger partial charge in [0.05, 0.1) is 19.3 Å². The average Bonchev–Trinajstić information content (AvgIpc) is 2.69. The maximum atomic E-state index is 6.16. The Morgan fingerprint density at radius 3 is 2.35 bits per heavy atom. The summed E-state index contributed by atoms with van der Waals surface area (Å²) in [5.41, 5.74) is 1.38. The molecule has 0 bridgehead atoms. The monoisotopic (exact) mass is 356 g/mol. The molecule has 26 heavy (non-hydrogen) atoms. The van der Waals surface area contributed by atoms with E-state index in [0.717, 1.165) is 37.2 Å². The Balaban J connectivity index is 1.41. The van der Waals surface area contributed by atoms with Gasteiger partial charge >= 0.3 is 0 Å². The van der Waals surface area contributed by atoms with Crippen LogP contribution in [0.2, 0.25) is 0 Å². The van der Waals surface area contributed by atoms with Gasteiger partial charge in [-0.05, 0) is 75.0 Å². The molecule has 1 aliphatic heterocycles. The molecule has 2 heteroatoms. The Morgan fingerprint density at radius 2 is 1.73 bits per heavy atom. The van der Waals surface area contributed by atoms with Crippen molar-refractivity contribution in [2.24, 2.45) is 11.8 Å². The van der Waals surface area contributed by atoms with Crippen LogP contribution >= 0.6 is 0 Å². The van der Waals surface area contributed by atoms with Crippen LogP contribution < -0.4 is 4.74 Å². The highest BCUT2D eigenvalue weighted by Gasteiger charge is 2.23. The van der Waals surface area contributed by atoms with Crippen molar-refractivity contribution >= 4 is 0 Å². The summed E-state index contributed by atoms with van der Waals surface area (Å²) in [6.07, 6.45) is 15.9. The second-order valence-corrected chi connectivity index (χ2v) is 8.10. The van der Waals surface area contributed by atoms with Gasteiger partial charge in [0.25, 0.3) is 0 Å². The minimum Gasteiger partial charge on any atom is -0.494 e. The summed E-state index contributed by atoms with van der Waals surface area (Å²) in [5, 5.41) is 0. The van der Waals surface area contributed by atoms with E-state index in [4.69, 9.17) is 9.47 Å². The lowest BCUT2D eigenvalue weighted by Crippen LogP contribution is -2.23. The molecule has 0 aromatic heterocycles. The molecule has 0 radical (unpaired) electrons. The van der Waals surface area contributed by atoms with E-state index < -0.39 is 0 Å². The highest BCUT2D eigenvalue weighted by molar-refractivity contribution is 5.29. The highest BCUT2D eigenvalue weighted by Crippen LogP contribution is 2.33. The summed E-state index contributed by atoms with van der Waals surface area (Å²) < 4.78 is 11.7. The Morgan fingerprint density at radius 1 is 0.962 bits per heavy atom. The van der Waals surface area contributed by atoms with Crippen molar-refractivity contribution in [3.63, 3.8) is 0 Å². The third-order valence-corrected chi connectivity index (χ3v) is 6.16. The van der Waals surface area contributed by atoms with Crippen molar-refractivity contribution in [2.45, 2.75) is 77.2 Å². The number of rotatable bonds is 7. The van der Waals surface area contributed by atoms with Crippen LogP contribution in [0.5, 0.6) is 5.75 Å². The van der Waals surface area contributed by atoms with Crippen LogP contribution in [0.15, 0.2) is 36.4 Å². The number of ether oxygens (including phenoxy) is 2. The van der Waals surface area contributed by atoms with Gasteiger partial charge in [0.1, 0.15) is 5.75 Å². The molecule has 1 saturated carbocycles. The van der Waals surface area contributed by atoms with Crippen LogP contribution in [-0.4, -0.2) is 19.3 Å². The second-order valence-electron chi connectivity index (χ2n) is 8.10. The summed E-state index contributed by atoms with van der Waals surface area (Å²) in [6.45, 7) is 5.90. The zero-order chi connectivity index (χ0) is 18.2. The van der Waals surface area contributed by atoms with Gasteiger partial charge in [0.15, 0.2) is 0 Å². The van der Waals surface area contributed by atoms with Gasteiger partial charge in [0, 0.05) is 5.92 Å². The minimum absolute atomic E-state index is 0.322. The fraction of sp³-hybridized carbons (Fsp3) is 0.667. The molecule has 0 N–H and O–H groups in total. The molecule has 3 rings (SSSR count). The smallest absolute Gasteiger partial charge is 0.119 e.